The number of pyridine rings is 1. The highest BCUT2D eigenvalue weighted by atomic mass is 32.2. The molecule has 1 aromatic heterocycles. The van der Waals surface area contributed by atoms with Crippen molar-refractivity contribution in [3.8, 4) is 5.75 Å². The number of benzene rings is 2. The predicted molar refractivity (Wildman–Crippen MR) is 137 cm³/mol. The Labute approximate surface area is 215 Å². The highest BCUT2D eigenvalue weighted by Gasteiger charge is 2.26. The van der Waals surface area contributed by atoms with E-state index in [9.17, 15) is 23.5 Å². The standard InChI is InChI=1S/C27H23FN2O6S/c1-16-23(10-18-4-7-21(8-5-18)37(3)34)22-9-6-20(28)12-25(22)24(16)13-27(31)36-26-11-19(14-29-17(26)2)15-35-30(32)33/h4-12,14H,13,15H2,1-3H3/b23-10-. The number of ether oxygens (including phenoxy) is 1. The normalized spacial score (nSPS) is 14.4. The second-order valence-electron chi connectivity index (χ2n) is 8.45. The summed E-state index contributed by atoms with van der Waals surface area (Å²) in [5.41, 5.74) is 5.37. The lowest BCUT2D eigenvalue weighted by molar-refractivity contribution is -0.763. The van der Waals surface area contributed by atoms with Crippen molar-refractivity contribution in [2.45, 2.75) is 31.8 Å². The molecule has 0 radical (unpaired) electrons. The maximum absolute atomic E-state index is 14.2. The molecular formula is C27H23FN2O6S. The molecule has 0 saturated carbocycles. The van der Waals surface area contributed by atoms with E-state index in [2.05, 4.69) is 9.82 Å². The predicted octanol–water partition coefficient (Wildman–Crippen LogP) is 5.30. The van der Waals surface area contributed by atoms with Gasteiger partial charge in [0.05, 0.1) is 12.1 Å². The maximum atomic E-state index is 14.2. The van der Waals surface area contributed by atoms with E-state index in [1.165, 1.54) is 24.4 Å². The molecule has 0 saturated heterocycles. The Kier molecular flexibility index (Phi) is 7.58. The maximum Gasteiger partial charge on any atom is 0.315 e. The van der Waals surface area contributed by atoms with Gasteiger partial charge in [0.1, 0.15) is 12.4 Å². The summed E-state index contributed by atoms with van der Waals surface area (Å²) in [5, 5.41) is 9.55. The van der Waals surface area contributed by atoms with Gasteiger partial charge in [0, 0.05) is 28.1 Å². The Bertz CT molecular complexity index is 1480. The number of hydrogen-bond acceptors (Lipinski definition) is 7. The number of aromatic nitrogens is 1. The number of aryl methyl sites for hydroxylation is 1. The molecule has 8 nitrogen and oxygen atoms in total. The van der Waals surface area contributed by atoms with Crippen LogP contribution in [0.3, 0.4) is 0 Å². The second-order valence-corrected chi connectivity index (χ2v) is 9.83. The second kappa shape index (κ2) is 10.8. The summed E-state index contributed by atoms with van der Waals surface area (Å²) >= 11 is 0. The van der Waals surface area contributed by atoms with Gasteiger partial charge in [0.15, 0.2) is 5.75 Å². The summed E-state index contributed by atoms with van der Waals surface area (Å²) in [7, 11) is -1.09. The number of hydrogen-bond donors (Lipinski definition) is 0. The highest BCUT2D eigenvalue weighted by Crippen LogP contribution is 2.44. The van der Waals surface area contributed by atoms with Crippen LogP contribution in [0.15, 0.2) is 65.2 Å². The SMILES string of the molecule is CC1=C(CC(=O)Oc2cc(CO[N+](=O)[O-])cnc2C)c2cc(F)ccc2/C1=C\c1ccc(S(C)=O)cc1. The third-order valence-electron chi connectivity index (χ3n) is 5.96. The minimum Gasteiger partial charge on any atom is -0.424 e. The number of allylic oxidation sites excluding steroid dienone is 2. The topological polar surface area (TPSA) is 109 Å². The molecule has 1 aliphatic carbocycles. The number of halogens is 1. The van der Waals surface area contributed by atoms with E-state index in [1.54, 1.807) is 31.4 Å². The fourth-order valence-electron chi connectivity index (χ4n) is 4.07. The molecule has 0 aliphatic heterocycles. The van der Waals surface area contributed by atoms with Gasteiger partial charge in [-0.15, -0.1) is 10.1 Å². The quantitative estimate of drug-likeness (QED) is 0.224. The molecule has 1 aliphatic rings. The first-order chi connectivity index (χ1) is 17.6. The van der Waals surface area contributed by atoms with Gasteiger partial charge in [-0.2, -0.15) is 0 Å². The van der Waals surface area contributed by atoms with Crippen LogP contribution in [-0.4, -0.2) is 26.5 Å². The zero-order valence-corrected chi connectivity index (χ0v) is 21.1. The third kappa shape index (κ3) is 5.97. The summed E-state index contributed by atoms with van der Waals surface area (Å²) in [5.74, 6) is -0.848. The summed E-state index contributed by atoms with van der Waals surface area (Å²) in [6, 6.07) is 13.2. The molecule has 10 heteroatoms. The van der Waals surface area contributed by atoms with Gasteiger partial charge in [-0.25, -0.2) is 4.39 Å². The van der Waals surface area contributed by atoms with Crippen LogP contribution in [0, 0.1) is 22.9 Å². The molecule has 0 bridgehead atoms. The number of rotatable bonds is 8. The van der Waals surface area contributed by atoms with Gasteiger partial charge in [-0.05, 0) is 89.2 Å². The first kappa shape index (κ1) is 25.9. The van der Waals surface area contributed by atoms with Gasteiger partial charge in [0.25, 0.3) is 5.09 Å². The smallest absolute Gasteiger partial charge is 0.315 e. The zero-order valence-electron chi connectivity index (χ0n) is 20.3. The number of carbonyl (C=O) groups excluding carboxylic acids is 1. The van der Waals surface area contributed by atoms with Gasteiger partial charge in [0.2, 0.25) is 0 Å². The van der Waals surface area contributed by atoms with Crippen LogP contribution < -0.4 is 4.74 Å². The van der Waals surface area contributed by atoms with Gasteiger partial charge >= 0.3 is 5.97 Å². The van der Waals surface area contributed by atoms with Crippen LogP contribution >= 0.6 is 0 Å². The van der Waals surface area contributed by atoms with E-state index in [0.717, 1.165) is 22.3 Å². The zero-order chi connectivity index (χ0) is 26.7. The summed E-state index contributed by atoms with van der Waals surface area (Å²) < 4.78 is 31.4. The fourth-order valence-corrected chi connectivity index (χ4v) is 4.59. The highest BCUT2D eigenvalue weighted by molar-refractivity contribution is 7.84. The Morgan fingerprint density at radius 2 is 1.86 bits per heavy atom. The molecule has 0 N–H and O–H groups in total. The first-order valence-electron chi connectivity index (χ1n) is 11.2. The van der Waals surface area contributed by atoms with Crippen molar-refractivity contribution in [2.24, 2.45) is 0 Å². The average molecular weight is 523 g/mol. The van der Waals surface area contributed by atoms with Crippen LogP contribution in [0.2, 0.25) is 0 Å². The van der Waals surface area contributed by atoms with E-state index >= 15 is 0 Å². The molecule has 0 amide bonds. The van der Waals surface area contributed by atoms with Crippen molar-refractivity contribution in [1.29, 1.82) is 0 Å². The van der Waals surface area contributed by atoms with Crippen LogP contribution in [0.4, 0.5) is 4.39 Å². The monoisotopic (exact) mass is 522 g/mol. The largest absolute Gasteiger partial charge is 0.424 e. The van der Waals surface area contributed by atoms with Crippen molar-refractivity contribution in [3.63, 3.8) is 0 Å². The third-order valence-corrected chi connectivity index (χ3v) is 6.89. The van der Waals surface area contributed by atoms with E-state index in [0.29, 0.717) is 27.3 Å². The molecule has 4 rings (SSSR count). The Balaban J connectivity index is 1.62. The molecule has 0 spiro atoms. The Morgan fingerprint density at radius 3 is 2.54 bits per heavy atom. The van der Waals surface area contributed by atoms with Crippen molar-refractivity contribution in [1.82, 2.24) is 4.98 Å². The van der Waals surface area contributed by atoms with Crippen LogP contribution in [0.1, 0.15) is 41.3 Å². The van der Waals surface area contributed by atoms with Crippen molar-refractivity contribution in [3.05, 3.63) is 104 Å². The Hall–Kier alpha value is -4.18. The fraction of sp³-hybridized carbons (Fsp3) is 0.185. The van der Waals surface area contributed by atoms with E-state index < -0.39 is 27.7 Å². The molecule has 1 heterocycles. The lowest BCUT2D eigenvalue weighted by Crippen LogP contribution is -2.11. The molecule has 1 atom stereocenters. The van der Waals surface area contributed by atoms with Crippen molar-refractivity contribution in [2.75, 3.05) is 6.26 Å². The molecule has 190 valence electrons. The molecule has 37 heavy (non-hydrogen) atoms. The van der Waals surface area contributed by atoms with Gasteiger partial charge < -0.3 is 9.57 Å². The van der Waals surface area contributed by atoms with Crippen molar-refractivity contribution >= 4 is 34.0 Å². The van der Waals surface area contributed by atoms with Crippen LogP contribution in [-0.2, 0) is 27.0 Å². The molecule has 0 fully saturated rings. The summed E-state index contributed by atoms with van der Waals surface area (Å²) in [6.07, 6.45) is 4.84. The van der Waals surface area contributed by atoms with Gasteiger partial charge in [-0.1, -0.05) is 18.2 Å². The lowest BCUT2D eigenvalue weighted by atomic mass is 10.0. The number of esters is 1. The molecule has 2 aromatic carbocycles. The first-order valence-corrected chi connectivity index (χ1v) is 12.8. The molecule has 3 aromatic rings. The van der Waals surface area contributed by atoms with E-state index in [1.807, 2.05) is 25.1 Å². The lowest BCUT2D eigenvalue weighted by Gasteiger charge is -2.10. The minimum absolute atomic E-state index is 0.123. The Morgan fingerprint density at radius 1 is 1.14 bits per heavy atom. The van der Waals surface area contributed by atoms with Crippen LogP contribution in [0.25, 0.3) is 17.2 Å². The van der Waals surface area contributed by atoms with Crippen LogP contribution in [0.5, 0.6) is 5.75 Å². The summed E-state index contributed by atoms with van der Waals surface area (Å²) in [6.45, 7) is 3.18. The number of carbonyl (C=O) groups is 1. The summed E-state index contributed by atoms with van der Waals surface area (Å²) in [4.78, 5) is 32.6. The van der Waals surface area contributed by atoms with E-state index in [4.69, 9.17) is 4.74 Å². The number of nitrogens with zero attached hydrogens (tertiary/aromatic N) is 2. The van der Waals surface area contributed by atoms with E-state index in [-0.39, 0.29) is 18.8 Å². The molecular weight excluding hydrogens is 499 g/mol. The number of fused-ring (bicyclic) bond motifs is 1. The minimum atomic E-state index is -1.09. The average Bonchev–Trinajstić information content (AvgIpc) is 3.09. The van der Waals surface area contributed by atoms with Crippen molar-refractivity contribution < 1.29 is 28.1 Å². The van der Waals surface area contributed by atoms with Gasteiger partial charge in [-0.3, -0.25) is 14.0 Å². The molecule has 1 unspecified atom stereocenters.